The zero-order valence-corrected chi connectivity index (χ0v) is 11.4. The van der Waals surface area contributed by atoms with E-state index < -0.39 is 17.8 Å². The Hall–Kier alpha value is -1.76. The van der Waals surface area contributed by atoms with Gasteiger partial charge in [0.15, 0.2) is 0 Å². The second-order valence-electron chi connectivity index (χ2n) is 5.30. The molecule has 1 saturated heterocycles. The van der Waals surface area contributed by atoms with Crippen LogP contribution in [0, 0.1) is 0 Å². The van der Waals surface area contributed by atoms with Crippen LogP contribution in [-0.4, -0.2) is 37.2 Å². The Morgan fingerprint density at radius 3 is 2.81 bits per heavy atom. The van der Waals surface area contributed by atoms with Gasteiger partial charge < -0.3 is 10.1 Å². The predicted octanol–water partition coefficient (Wildman–Crippen LogP) is 2.34. The van der Waals surface area contributed by atoms with Crippen molar-refractivity contribution in [1.82, 2.24) is 10.2 Å². The minimum atomic E-state index is -4.42. The SMILES string of the molecule is COC(=O)N1Cc2c(cccc2C(F)(F)F)[C@H]2CNC[C@@H]21. The van der Waals surface area contributed by atoms with Gasteiger partial charge in [0.05, 0.1) is 25.3 Å². The molecule has 1 aromatic carbocycles. The van der Waals surface area contributed by atoms with Crippen molar-refractivity contribution < 1.29 is 22.7 Å². The van der Waals surface area contributed by atoms with Crippen LogP contribution in [0.4, 0.5) is 18.0 Å². The highest BCUT2D eigenvalue weighted by atomic mass is 19.4. The normalized spacial score (nSPS) is 24.5. The second-order valence-corrected chi connectivity index (χ2v) is 5.30. The van der Waals surface area contributed by atoms with Crippen LogP contribution in [0.5, 0.6) is 0 Å². The van der Waals surface area contributed by atoms with E-state index in [4.69, 9.17) is 4.74 Å². The molecule has 2 atom stereocenters. The van der Waals surface area contributed by atoms with Crippen LogP contribution in [0.1, 0.15) is 22.6 Å². The third kappa shape index (κ3) is 2.25. The van der Waals surface area contributed by atoms with Gasteiger partial charge in [-0.3, -0.25) is 4.90 Å². The number of halogens is 3. The number of ether oxygens (including phenoxy) is 1. The van der Waals surface area contributed by atoms with Crippen molar-refractivity contribution in [3.8, 4) is 0 Å². The molecule has 2 heterocycles. The second kappa shape index (κ2) is 4.91. The van der Waals surface area contributed by atoms with Crippen molar-refractivity contribution >= 4 is 6.09 Å². The molecule has 1 N–H and O–H groups in total. The lowest BCUT2D eigenvalue weighted by atomic mass is 9.83. The molecule has 1 aromatic rings. The molecule has 1 fully saturated rings. The molecule has 0 aliphatic carbocycles. The van der Waals surface area contributed by atoms with Gasteiger partial charge in [-0.15, -0.1) is 0 Å². The number of fused-ring (bicyclic) bond motifs is 3. The van der Waals surface area contributed by atoms with E-state index in [-0.39, 0.29) is 24.1 Å². The number of rotatable bonds is 0. The van der Waals surface area contributed by atoms with Crippen LogP contribution in [0.15, 0.2) is 18.2 Å². The van der Waals surface area contributed by atoms with E-state index in [1.807, 2.05) is 0 Å². The summed E-state index contributed by atoms with van der Waals surface area (Å²) in [6.45, 7) is 1.06. The maximum Gasteiger partial charge on any atom is 0.416 e. The van der Waals surface area contributed by atoms with Crippen molar-refractivity contribution in [2.24, 2.45) is 0 Å². The maximum absolute atomic E-state index is 13.2. The van der Waals surface area contributed by atoms with E-state index in [9.17, 15) is 18.0 Å². The first-order valence-corrected chi connectivity index (χ1v) is 6.67. The van der Waals surface area contributed by atoms with E-state index in [1.54, 1.807) is 6.07 Å². The summed E-state index contributed by atoms with van der Waals surface area (Å²) in [4.78, 5) is 13.3. The lowest BCUT2D eigenvalue weighted by Gasteiger charge is -2.38. The molecule has 2 aliphatic heterocycles. The van der Waals surface area contributed by atoms with Crippen LogP contribution in [-0.2, 0) is 17.5 Å². The number of hydrogen-bond acceptors (Lipinski definition) is 3. The summed E-state index contributed by atoms with van der Waals surface area (Å²) >= 11 is 0. The van der Waals surface area contributed by atoms with E-state index in [0.717, 1.165) is 6.07 Å². The summed E-state index contributed by atoms with van der Waals surface area (Å²) in [6, 6.07) is 4.07. The largest absolute Gasteiger partial charge is 0.453 e. The van der Waals surface area contributed by atoms with E-state index >= 15 is 0 Å². The van der Waals surface area contributed by atoms with Gasteiger partial charge >= 0.3 is 12.3 Å². The standard InChI is InChI=1S/C14H15F3N2O2/c1-21-13(20)19-7-10-8(9-5-18-6-12(9)19)3-2-4-11(10)14(15,16)17/h2-4,9,12,18H,5-7H2,1H3/t9-,12+/m1/s1. The average molecular weight is 300 g/mol. The number of nitrogens with zero attached hydrogens (tertiary/aromatic N) is 1. The van der Waals surface area contributed by atoms with Gasteiger partial charge in [-0.25, -0.2) is 4.79 Å². The molecular weight excluding hydrogens is 285 g/mol. The number of hydrogen-bond donors (Lipinski definition) is 1. The summed E-state index contributed by atoms with van der Waals surface area (Å²) in [6.07, 6.45) is -5.01. The lowest BCUT2D eigenvalue weighted by Crippen LogP contribution is -2.47. The summed E-state index contributed by atoms with van der Waals surface area (Å²) in [5.41, 5.74) is 0.194. The maximum atomic E-state index is 13.2. The highest BCUT2D eigenvalue weighted by Gasteiger charge is 2.44. The van der Waals surface area contributed by atoms with Gasteiger partial charge in [-0.05, 0) is 17.2 Å². The van der Waals surface area contributed by atoms with Crippen LogP contribution >= 0.6 is 0 Å². The molecule has 4 nitrogen and oxygen atoms in total. The number of carbonyl (C=O) groups excluding carboxylic acids is 1. The first kappa shape index (κ1) is 14.2. The molecule has 114 valence electrons. The van der Waals surface area contributed by atoms with Gasteiger partial charge in [0.25, 0.3) is 0 Å². The highest BCUT2D eigenvalue weighted by Crippen LogP contribution is 2.41. The summed E-state index contributed by atoms with van der Waals surface area (Å²) in [5.74, 6) is -0.129. The summed E-state index contributed by atoms with van der Waals surface area (Å²) < 4.78 is 44.3. The third-order valence-electron chi connectivity index (χ3n) is 4.24. The van der Waals surface area contributed by atoms with Crippen molar-refractivity contribution in [3.05, 3.63) is 34.9 Å². The number of alkyl halides is 3. The Morgan fingerprint density at radius 2 is 2.14 bits per heavy atom. The quantitative estimate of drug-likeness (QED) is 0.799. The van der Waals surface area contributed by atoms with Crippen molar-refractivity contribution in [2.45, 2.75) is 24.7 Å². The van der Waals surface area contributed by atoms with Crippen molar-refractivity contribution in [3.63, 3.8) is 0 Å². The molecule has 1 amide bonds. The zero-order valence-electron chi connectivity index (χ0n) is 11.4. The van der Waals surface area contributed by atoms with Crippen LogP contribution in [0.2, 0.25) is 0 Å². The Balaban J connectivity index is 2.10. The molecule has 0 saturated carbocycles. The van der Waals surface area contributed by atoms with E-state index in [0.29, 0.717) is 18.7 Å². The van der Waals surface area contributed by atoms with Gasteiger partial charge in [-0.1, -0.05) is 12.1 Å². The number of carbonyl (C=O) groups is 1. The monoisotopic (exact) mass is 300 g/mol. The molecule has 2 aliphatic rings. The van der Waals surface area contributed by atoms with Crippen molar-refractivity contribution in [2.75, 3.05) is 20.2 Å². The van der Waals surface area contributed by atoms with Crippen LogP contribution in [0.25, 0.3) is 0 Å². The molecule has 0 unspecified atom stereocenters. The Kier molecular flexibility index (Phi) is 3.32. The average Bonchev–Trinajstić information content (AvgIpc) is 2.93. The first-order chi connectivity index (χ1) is 9.93. The molecule has 3 rings (SSSR count). The number of nitrogens with one attached hydrogen (secondary N) is 1. The predicted molar refractivity (Wildman–Crippen MR) is 68.8 cm³/mol. The molecular formula is C14H15F3N2O2. The smallest absolute Gasteiger partial charge is 0.416 e. The van der Waals surface area contributed by atoms with Crippen LogP contribution < -0.4 is 5.32 Å². The van der Waals surface area contributed by atoms with Gasteiger partial charge in [0.2, 0.25) is 0 Å². The summed E-state index contributed by atoms with van der Waals surface area (Å²) in [5, 5.41) is 3.14. The summed E-state index contributed by atoms with van der Waals surface area (Å²) in [7, 11) is 1.24. The molecule has 0 bridgehead atoms. The molecule has 0 aromatic heterocycles. The molecule has 0 radical (unpaired) electrons. The lowest BCUT2D eigenvalue weighted by molar-refractivity contribution is -0.138. The zero-order chi connectivity index (χ0) is 15.2. The minimum Gasteiger partial charge on any atom is -0.453 e. The van der Waals surface area contributed by atoms with E-state index in [1.165, 1.54) is 18.1 Å². The van der Waals surface area contributed by atoms with Gasteiger partial charge in [0.1, 0.15) is 0 Å². The van der Waals surface area contributed by atoms with E-state index in [2.05, 4.69) is 5.32 Å². The van der Waals surface area contributed by atoms with Gasteiger partial charge in [0, 0.05) is 19.0 Å². The molecule has 21 heavy (non-hydrogen) atoms. The number of amides is 1. The highest BCUT2D eigenvalue weighted by molar-refractivity contribution is 5.69. The third-order valence-corrected chi connectivity index (χ3v) is 4.24. The molecule has 7 heteroatoms. The number of methoxy groups -OCH3 is 1. The van der Waals surface area contributed by atoms with Crippen LogP contribution in [0.3, 0.4) is 0 Å². The first-order valence-electron chi connectivity index (χ1n) is 6.67. The minimum absolute atomic E-state index is 0.0689. The fraction of sp³-hybridized carbons (Fsp3) is 0.500. The van der Waals surface area contributed by atoms with Gasteiger partial charge in [-0.2, -0.15) is 13.2 Å². The Bertz CT molecular complexity index is 574. The fourth-order valence-electron chi connectivity index (χ4n) is 3.31. The Morgan fingerprint density at radius 1 is 1.38 bits per heavy atom. The number of benzene rings is 1. The topological polar surface area (TPSA) is 41.6 Å². The molecule has 0 spiro atoms. The Labute approximate surface area is 119 Å². The van der Waals surface area contributed by atoms with Crippen molar-refractivity contribution in [1.29, 1.82) is 0 Å². The fourth-order valence-corrected chi connectivity index (χ4v) is 3.31.